The maximum Gasteiger partial charge on any atom is 0.310 e. The smallest absolute Gasteiger partial charge is 0.310 e. The second-order valence-corrected chi connectivity index (χ2v) is 9.11. The highest BCUT2D eigenvalue weighted by Gasteiger charge is 2.39. The van der Waals surface area contributed by atoms with Crippen LogP contribution in [0.1, 0.15) is 60.8 Å². The molecule has 3 aliphatic rings. The van der Waals surface area contributed by atoms with E-state index in [1.54, 1.807) is 4.90 Å². The van der Waals surface area contributed by atoms with Gasteiger partial charge in [-0.1, -0.05) is 6.92 Å². The number of nitrogens with one attached hydrogen (secondary N) is 1. The molecule has 1 spiro atoms. The van der Waals surface area contributed by atoms with Crippen molar-refractivity contribution in [1.29, 1.82) is 0 Å². The zero-order valence-corrected chi connectivity index (χ0v) is 18.2. The number of likely N-dealkylation sites (tertiary alicyclic amines) is 1. The number of carbonyl (C=O) groups is 3. The van der Waals surface area contributed by atoms with Crippen molar-refractivity contribution in [1.82, 2.24) is 20.0 Å². The third-order valence-corrected chi connectivity index (χ3v) is 7.01. The molecule has 1 aromatic rings. The lowest BCUT2D eigenvalue weighted by Gasteiger charge is -2.36. The van der Waals surface area contributed by atoms with Crippen molar-refractivity contribution in [2.75, 3.05) is 32.8 Å². The van der Waals surface area contributed by atoms with Crippen molar-refractivity contribution in [3.63, 3.8) is 0 Å². The van der Waals surface area contributed by atoms with Gasteiger partial charge in [-0.3, -0.25) is 19.1 Å². The number of carboxylic acids is 1. The van der Waals surface area contributed by atoms with Crippen molar-refractivity contribution in [3.05, 3.63) is 17.0 Å². The molecule has 9 nitrogen and oxygen atoms in total. The Kier molecular flexibility index (Phi) is 6.31. The van der Waals surface area contributed by atoms with Crippen LogP contribution in [0.2, 0.25) is 0 Å². The highest BCUT2D eigenvalue weighted by molar-refractivity contribution is 5.97. The minimum Gasteiger partial charge on any atom is -0.481 e. The molecule has 31 heavy (non-hydrogen) atoms. The number of hydrogen-bond donors (Lipinski definition) is 2. The van der Waals surface area contributed by atoms with Gasteiger partial charge in [0.2, 0.25) is 5.91 Å². The number of carbonyl (C=O) groups excluding carboxylic acids is 2. The molecule has 0 unspecified atom stereocenters. The van der Waals surface area contributed by atoms with Crippen LogP contribution in [0.15, 0.2) is 0 Å². The predicted octanol–water partition coefficient (Wildman–Crippen LogP) is 1.24. The Morgan fingerprint density at radius 1 is 1.26 bits per heavy atom. The zero-order chi connectivity index (χ0) is 22.0. The molecule has 0 atom stereocenters. The number of aryl methyl sites for hydroxylation is 2. The quantitative estimate of drug-likeness (QED) is 0.627. The largest absolute Gasteiger partial charge is 0.481 e. The summed E-state index contributed by atoms with van der Waals surface area (Å²) < 4.78 is 7.55. The Morgan fingerprint density at radius 3 is 2.68 bits per heavy atom. The van der Waals surface area contributed by atoms with Crippen molar-refractivity contribution >= 4 is 17.8 Å². The van der Waals surface area contributed by atoms with Gasteiger partial charge >= 0.3 is 5.97 Å². The first-order valence-electron chi connectivity index (χ1n) is 11.4. The first-order valence-corrected chi connectivity index (χ1v) is 11.4. The van der Waals surface area contributed by atoms with E-state index in [-0.39, 0.29) is 17.2 Å². The highest BCUT2D eigenvalue weighted by Crippen LogP contribution is 2.37. The summed E-state index contributed by atoms with van der Waals surface area (Å²) in [5, 5.41) is 16.8. The maximum absolute atomic E-state index is 12.8. The number of amides is 2. The standard InChI is InChI=1S/C22H32N4O5/c1-2-16-19-17(11-22(14-23-20(19)28)6-9-31-10-7-22)26(24-16)8-4-3-5-18(27)25-12-15(13-25)21(29)30/h15H,2-14H2,1H3,(H,23,28)(H,29,30). The third kappa shape index (κ3) is 4.46. The second-order valence-electron chi connectivity index (χ2n) is 9.11. The molecule has 2 fully saturated rings. The molecule has 0 radical (unpaired) electrons. The van der Waals surface area contributed by atoms with E-state index in [1.165, 1.54) is 0 Å². The molecule has 4 heterocycles. The summed E-state index contributed by atoms with van der Waals surface area (Å²) in [6, 6.07) is 0. The SMILES string of the molecule is CCc1nn(CCCCC(=O)N2CC(C(=O)O)C2)c2c1C(=O)NCC1(CCOCC1)C2. The monoisotopic (exact) mass is 432 g/mol. The van der Waals surface area contributed by atoms with Crippen LogP contribution in [0.4, 0.5) is 0 Å². The van der Waals surface area contributed by atoms with Gasteiger partial charge in [0.05, 0.1) is 22.9 Å². The Balaban J connectivity index is 1.38. The van der Waals surface area contributed by atoms with Gasteiger partial charge in [0.1, 0.15) is 0 Å². The minimum atomic E-state index is -0.832. The molecule has 2 N–H and O–H groups in total. The van der Waals surface area contributed by atoms with Gasteiger partial charge in [0.25, 0.3) is 5.91 Å². The second kappa shape index (κ2) is 8.98. The van der Waals surface area contributed by atoms with Crippen LogP contribution >= 0.6 is 0 Å². The summed E-state index contributed by atoms with van der Waals surface area (Å²) in [6.45, 7) is 5.46. The normalized spacial score (nSPS) is 20.7. The lowest BCUT2D eigenvalue weighted by molar-refractivity contribution is -0.152. The summed E-state index contributed by atoms with van der Waals surface area (Å²) in [4.78, 5) is 37.6. The van der Waals surface area contributed by atoms with E-state index in [4.69, 9.17) is 14.9 Å². The summed E-state index contributed by atoms with van der Waals surface area (Å²) in [5.74, 6) is -1.25. The third-order valence-electron chi connectivity index (χ3n) is 7.01. The van der Waals surface area contributed by atoms with Crippen molar-refractivity contribution in [3.8, 4) is 0 Å². The molecule has 9 heteroatoms. The van der Waals surface area contributed by atoms with Crippen LogP contribution in [0, 0.1) is 11.3 Å². The number of nitrogens with zero attached hydrogens (tertiary/aromatic N) is 3. The zero-order valence-electron chi connectivity index (χ0n) is 18.2. The van der Waals surface area contributed by atoms with E-state index in [1.807, 2.05) is 11.6 Å². The fourth-order valence-electron chi connectivity index (χ4n) is 4.89. The maximum atomic E-state index is 12.8. The molecular weight excluding hydrogens is 400 g/mol. The molecule has 0 aromatic carbocycles. The van der Waals surface area contributed by atoms with Crippen LogP contribution in [-0.2, 0) is 33.7 Å². The van der Waals surface area contributed by atoms with Crippen LogP contribution in [0.3, 0.4) is 0 Å². The van der Waals surface area contributed by atoms with Gasteiger partial charge in [0, 0.05) is 45.8 Å². The molecule has 0 bridgehead atoms. The van der Waals surface area contributed by atoms with Gasteiger partial charge in [-0.05, 0) is 43.9 Å². The molecule has 170 valence electrons. The van der Waals surface area contributed by atoms with Gasteiger partial charge in [-0.15, -0.1) is 0 Å². The average molecular weight is 433 g/mol. The Labute approximate surface area is 182 Å². The Morgan fingerprint density at radius 2 is 2.00 bits per heavy atom. The molecule has 3 aliphatic heterocycles. The minimum absolute atomic E-state index is 0.0200. The molecule has 0 saturated carbocycles. The lowest BCUT2D eigenvalue weighted by Crippen LogP contribution is -2.52. The topological polar surface area (TPSA) is 114 Å². The number of carboxylic acid groups (broad SMARTS) is 1. The van der Waals surface area contributed by atoms with E-state index in [0.717, 1.165) is 55.8 Å². The first-order chi connectivity index (χ1) is 14.9. The predicted molar refractivity (Wildman–Crippen MR) is 112 cm³/mol. The summed E-state index contributed by atoms with van der Waals surface area (Å²) in [7, 11) is 0. The highest BCUT2D eigenvalue weighted by atomic mass is 16.5. The van der Waals surface area contributed by atoms with Crippen LogP contribution in [-0.4, -0.2) is 70.4 Å². The van der Waals surface area contributed by atoms with E-state index < -0.39 is 11.9 Å². The summed E-state index contributed by atoms with van der Waals surface area (Å²) >= 11 is 0. The van der Waals surface area contributed by atoms with Gasteiger partial charge in [0.15, 0.2) is 0 Å². The van der Waals surface area contributed by atoms with Crippen molar-refractivity contribution < 1.29 is 24.2 Å². The van der Waals surface area contributed by atoms with Gasteiger partial charge in [-0.25, -0.2) is 0 Å². The number of unbranched alkanes of at least 4 members (excludes halogenated alkanes) is 1. The van der Waals surface area contributed by atoms with E-state index in [0.29, 0.717) is 45.4 Å². The number of aliphatic carboxylic acids is 1. The molecular formula is C22H32N4O5. The molecule has 2 saturated heterocycles. The van der Waals surface area contributed by atoms with Crippen LogP contribution in [0.25, 0.3) is 0 Å². The molecule has 1 aromatic heterocycles. The fourth-order valence-corrected chi connectivity index (χ4v) is 4.89. The van der Waals surface area contributed by atoms with Gasteiger partial charge < -0.3 is 20.1 Å². The van der Waals surface area contributed by atoms with E-state index >= 15 is 0 Å². The summed E-state index contributed by atoms with van der Waals surface area (Å²) in [6.07, 6.45) is 5.31. The number of fused-ring (bicyclic) bond motifs is 1. The van der Waals surface area contributed by atoms with Crippen LogP contribution in [0.5, 0.6) is 0 Å². The van der Waals surface area contributed by atoms with E-state index in [2.05, 4.69) is 5.32 Å². The number of rotatable bonds is 7. The molecule has 0 aliphatic carbocycles. The number of hydrogen-bond acceptors (Lipinski definition) is 5. The van der Waals surface area contributed by atoms with Crippen LogP contribution < -0.4 is 5.32 Å². The number of aromatic nitrogens is 2. The number of ether oxygens (including phenoxy) is 1. The Hall–Kier alpha value is -2.42. The Bertz CT molecular complexity index is 852. The van der Waals surface area contributed by atoms with E-state index in [9.17, 15) is 14.4 Å². The summed E-state index contributed by atoms with van der Waals surface area (Å²) in [5.41, 5.74) is 2.62. The fraction of sp³-hybridized carbons (Fsp3) is 0.727. The molecule has 4 rings (SSSR count). The first kappa shape index (κ1) is 21.8. The average Bonchev–Trinajstić information content (AvgIpc) is 2.99. The lowest BCUT2D eigenvalue weighted by atomic mass is 9.76. The molecule has 2 amide bonds. The van der Waals surface area contributed by atoms with Crippen molar-refractivity contribution in [2.24, 2.45) is 11.3 Å². The van der Waals surface area contributed by atoms with Gasteiger partial charge in [-0.2, -0.15) is 5.10 Å². The van der Waals surface area contributed by atoms with Crippen molar-refractivity contribution in [2.45, 2.75) is 58.4 Å².